The molecule has 0 saturated carbocycles. The third-order valence-electron chi connectivity index (χ3n) is 0.779. The van der Waals surface area contributed by atoms with Crippen LogP contribution in [0, 0.1) is 0 Å². The third-order valence-corrected chi connectivity index (χ3v) is 1.56. The molecular formula is C5H9NO3S. The van der Waals surface area contributed by atoms with E-state index in [1.54, 1.807) is 0 Å². The van der Waals surface area contributed by atoms with Crippen LogP contribution in [0.2, 0.25) is 0 Å². The zero-order chi connectivity index (χ0) is 7.98. The molecule has 0 aliphatic carbocycles. The fraction of sp³-hybridized carbons (Fsp3) is 0.600. The maximum absolute atomic E-state index is 10.1. The van der Waals surface area contributed by atoms with Gasteiger partial charge in [0.05, 0.1) is 0 Å². The van der Waals surface area contributed by atoms with Gasteiger partial charge in [0.15, 0.2) is 0 Å². The van der Waals surface area contributed by atoms with Crippen molar-refractivity contribution in [2.24, 2.45) is 5.73 Å². The minimum absolute atomic E-state index is 0.0975. The molecule has 0 saturated heterocycles. The Balaban J connectivity index is 3.06. The molecule has 5 heteroatoms. The summed E-state index contributed by atoms with van der Waals surface area (Å²) in [5, 5.41) is 7.70. The topological polar surface area (TPSA) is 80.4 Å². The highest BCUT2D eigenvalue weighted by atomic mass is 32.2. The first-order valence-electron chi connectivity index (χ1n) is 2.77. The predicted molar refractivity (Wildman–Crippen MR) is 38.9 cm³/mol. The minimum Gasteiger partial charge on any atom is -0.481 e. The van der Waals surface area contributed by atoms with Gasteiger partial charge in [-0.2, -0.15) is 0 Å². The molecule has 10 heavy (non-hydrogen) atoms. The predicted octanol–water partition coefficient (Wildman–Crippen LogP) is 0.663. The molecule has 0 bridgehead atoms. The molecule has 0 aliphatic rings. The molecule has 0 heterocycles. The van der Waals surface area contributed by atoms with Crippen molar-refractivity contribution in [3.8, 4) is 0 Å². The second-order valence-electron chi connectivity index (χ2n) is 1.66. The van der Waals surface area contributed by atoms with E-state index < -0.39 is 11.2 Å². The highest BCUT2D eigenvalue weighted by Gasteiger charge is 1.98. The Morgan fingerprint density at radius 1 is 1.50 bits per heavy atom. The van der Waals surface area contributed by atoms with Gasteiger partial charge in [-0.05, 0) is 6.42 Å². The lowest BCUT2D eigenvalue weighted by Crippen LogP contribution is -2.04. The van der Waals surface area contributed by atoms with E-state index in [2.05, 4.69) is 0 Å². The van der Waals surface area contributed by atoms with E-state index in [9.17, 15) is 9.59 Å². The Hall–Kier alpha value is -0.710. The Morgan fingerprint density at radius 2 is 2.10 bits per heavy atom. The summed E-state index contributed by atoms with van der Waals surface area (Å²) in [4.78, 5) is 20.0. The molecule has 0 atom stereocenters. The van der Waals surface area contributed by atoms with Crippen molar-refractivity contribution in [2.45, 2.75) is 12.8 Å². The molecule has 1 amide bonds. The number of hydrogen-bond acceptors (Lipinski definition) is 3. The molecule has 58 valence electrons. The lowest BCUT2D eigenvalue weighted by Gasteiger charge is -1.92. The van der Waals surface area contributed by atoms with Gasteiger partial charge in [0.1, 0.15) is 0 Å². The Kier molecular flexibility index (Phi) is 4.74. The molecule has 4 nitrogen and oxygen atoms in total. The zero-order valence-corrected chi connectivity index (χ0v) is 6.19. The summed E-state index contributed by atoms with van der Waals surface area (Å²) in [6, 6.07) is 0. The van der Waals surface area contributed by atoms with Crippen LogP contribution in [0.3, 0.4) is 0 Å². The summed E-state index contributed by atoms with van der Waals surface area (Å²) < 4.78 is 0. The van der Waals surface area contributed by atoms with Crippen LogP contribution in [0.15, 0.2) is 0 Å². The number of hydrogen-bond donors (Lipinski definition) is 2. The van der Waals surface area contributed by atoms with Crippen LogP contribution in [0.5, 0.6) is 0 Å². The number of carbonyl (C=O) groups is 2. The zero-order valence-electron chi connectivity index (χ0n) is 5.37. The molecule has 0 unspecified atom stereocenters. The molecule has 0 aromatic carbocycles. The van der Waals surface area contributed by atoms with Gasteiger partial charge in [-0.15, -0.1) is 0 Å². The monoisotopic (exact) mass is 163 g/mol. The number of carbonyl (C=O) groups excluding carboxylic acids is 1. The van der Waals surface area contributed by atoms with Crippen LogP contribution in [0.1, 0.15) is 12.8 Å². The third kappa shape index (κ3) is 7.29. The Bertz CT molecular complexity index is 121. The smallest absolute Gasteiger partial charge is 0.303 e. The molecule has 0 aromatic rings. The van der Waals surface area contributed by atoms with Gasteiger partial charge in [0.2, 0.25) is 0 Å². The van der Waals surface area contributed by atoms with Gasteiger partial charge < -0.3 is 10.8 Å². The lowest BCUT2D eigenvalue weighted by molar-refractivity contribution is -0.137. The molecule has 3 N–H and O–H groups in total. The van der Waals surface area contributed by atoms with E-state index in [4.69, 9.17) is 10.8 Å². The van der Waals surface area contributed by atoms with Crippen molar-refractivity contribution >= 4 is 23.0 Å². The first kappa shape index (κ1) is 9.29. The van der Waals surface area contributed by atoms with E-state index in [1.807, 2.05) is 0 Å². The first-order valence-corrected chi connectivity index (χ1v) is 3.75. The van der Waals surface area contributed by atoms with Gasteiger partial charge in [0.25, 0.3) is 5.24 Å². The summed E-state index contributed by atoms with van der Waals surface area (Å²) in [5.41, 5.74) is 4.79. The summed E-state index contributed by atoms with van der Waals surface area (Å²) in [5.74, 6) is -0.355. The Labute approximate surface area is 62.8 Å². The Morgan fingerprint density at radius 3 is 2.50 bits per heavy atom. The highest BCUT2D eigenvalue weighted by molar-refractivity contribution is 8.13. The summed E-state index contributed by atoms with van der Waals surface area (Å²) >= 11 is 0.949. The van der Waals surface area contributed by atoms with E-state index in [0.717, 1.165) is 11.8 Å². The normalized spacial score (nSPS) is 9.20. The minimum atomic E-state index is -0.843. The van der Waals surface area contributed by atoms with Crippen LogP contribution >= 0.6 is 11.8 Å². The van der Waals surface area contributed by atoms with E-state index in [1.165, 1.54) is 0 Å². The number of primary amides is 1. The number of nitrogens with two attached hydrogens (primary N) is 1. The second kappa shape index (κ2) is 5.10. The maximum atomic E-state index is 10.1. The quantitative estimate of drug-likeness (QED) is 0.596. The van der Waals surface area contributed by atoms with Crippen LogP contribution in [0.4, 0.5) is 4.79 Å². The molecule has 0 spiro atoms. The first-order chi connectivity index (χ1) is 4.63. The number of aliphatic carboxylic acids is 1. The van der Waals surface area contributed by atoms with Crippen LogP contribution in [-0.4, -0.2) is 22.1 Å². The standard InChI is InChI=1S/C5H9NO3S/c6-5(9)10-3-1-2-4(7)8/h1-3H2,(H2,6,9)(H,7,8). The van der Waals surface area contributed by atoms with Crippen molar-refractivity contribution in [2.75, 3.05) is 5.75 Å². The van der Waals surface area contributed by atoms with E-state index in [-0.39, 0.29) is 6.42 Å². The summed E-state index contributed by atoms with van der Waals surface area (Å²) in [6.45, 7) is 0. The fourth-order valence-corrected chi connectivity index (χ4v) is 0.886. The SMILES string of the molecule is NC(=O)SCCCC(=O)O. The van der Waals surface area contributed by atoms with Gasteiger partial charge >= 0.3 is 5.97 Å². The summed E-state index contributed by atoms with van der Waals surface area (Å²) in [7, 11) is 0. The van der Waals surface area contributed by atoms with Crippen molar-refractivity contribution in [1.29, 1.82) is 0 Å². The molecule has 0 fully saturated rings. The van der Waals surface area contributed by atoms with Crippen LogP contribution < -0.4 is 5.73 Å². The van der Waals surface area contributed by atoms with Crippen molar-refractivity contribution < 1.29 is 14.7 Å². The largest absolute Gasteiger partial charge is 0.481 e. The van der Waals surface area contributed by atoms with Gasteiger partial charge in [-0.1, -0.05) is 11.8 Å². The maximum Gasteiger partial charge on any atom is 0.303 e. The molecular weight excluding hydrogens is 154 g/mol. The van der Waals surface area contributed by atoms with Crippen molar-refractivity contribution in [1.82, 2.24) is 0 Å². The van der Waals surface area contributed by atoms with Crippen LogP contribution in [0.25, 0.3) is 0 Å². The van der Waals surface area contributed by atoms with Gasteiger partial charge in [0, 0.05) is 12.2 Å². The molecule has 0 rings (SSSR count). The highest BCUT2D eigenvalue weighted by Crippen LogP contribution is 2.03. The number of carboxylic acids is 1. The van der Waals surface area contributed by atoms with Crippen LogP contribution in [-0.2, 0) is 4.79 Å². The number of carboxylic acid groups (broad SMARTS) is 1. The molecule has 0 radical (unpaired) electrons. The summed E-state index contributed by atoms with van der Waals surface area (Å²) in [6.07, 6.45) is 0.587. The number of amides is 1. The fourth-order valence-electron chi connectivity index (χ4n) is 0.396. The molecule has 0 aliphatic heterocycles. The lowest BCUT2D eigenvalue weighted by atomic mass is 10.3. The second-order valence-corrected chi connectivity index (χ2v) is 2.76. The van der Waals surface area contributed by atoms with E-state index >= 15 is 0 Å². The van der Waals surface area contributed by atoms with Crippen molar-refractivity contribution in [3.05, 3.63) is 0 Å². The number of rotatable bonds is 4. The number of thioether (sulfide) groups is 1. The molecule has 0 aromatic heterocycles. The van der Waals surface area contributed by atoms with E-state index in [0.29, 0.717) is 12.2 Å². The van der Waals surface area contributed by atoms with Gasteiger partial charge in [-0.25, -0.2) is 0 Å². The van der Waals surface area contributed by atoms with Gasteiger partial charge in [-0.3, -0.25) is 9.59 Å². The van der Waals surface area contributed by atoms with Crippen molar-refractivity contribution in [3.63, 3.8) is 0 Å². The average Bonchev–Trinajstić information content (AvgIpc) is 1.79. The average molecular weight is 163 g/mol.